The second-order valence-corrected chi connectivity index (χ2v) is 7.24. The van der Waals surface area contributed by atoms with E-state index in [1.807, 2.05) is 6.92 Å². The van der Waals surface area contributed by atoms with Gasteiger partial charge in [0.25, 0.3) is 0 Å². The first-order valence-corrected chi connectivity index (χ1v) is 8.85. The van der Waals surface area contributed by atoms with Crippen molar-refractivity contribution in [2.75, 3.05) is 24.9 Å². The molecule has 0 amide bonds. The molecule has 0 spiro atoms. The van der Waals surface area contributed by atoms with Crippen molar-refractivity contribution >= 4 is 21.7 Å². The fourth-order valence-corrected chi connectivity index (χ4v) is 5.16. The molecular weight excluding hydrogens is 268 g/mol. The van der Waals surface area contributed by atoms with Crippen LogP contribution in [0.25, 0.3) is 10.8 Å². The Bertz CT molecular complexity index is 576. The lowest BCUT2D eigenvalue weighted by Gasteiger charge is -2.09. The largest absolute Gasteiger partial charge is 0.468 e. The molecule has 0 radical (unpaired) electrons. The van der Waals surface area contributed by atoms with E-state index in [1.165, 1.54) is 40.0 Å². The fourth-order valence-electron chi connectivity index (χ4n) is 2.64. The van der Waals surface area contributed by atoms with Crippen LogP contribution in [0.1, 0.15) is 19.8 Å². The average Bonchev–Trinajstić information content (AvgIpc) is 3.01. The highest BCUT2D eigenvalue weighted by molar-refractivity contribution is 7.97. The molecule has 0 atom stereocenters. The molecule has 20 heavy (non-hydrogen) atoms. The second-order valence-electron chi connectivity index (χ2n) is 5.00. The van der Waals surface area contributed by atoms with Gasteiger partial charge < -0.3 is 9.47 Å². The van der Waals surface area contributed by atoms with Crippen molar-refractivity contribution in [3.8, 4) is 5.75 Å². The maximum atomic E-state index is 5.60. The van der Waals surface area contributed by atoms with Gasteiger partial charge in [-0.1, -0.05) is 12.1 Å². The van der Waals surface area contributed by atoms with Gasteiger partial charge in [-0.15, -0.1) is 0 Å². The molecule has 0 bridgehead atoms. The van der Waals surface area contributed by atoms with Crippen molar-refractivity contribution < 1.29 is 9.47 Å². The molecule has 0 N–H and O–H groups in total. The maximum Gasteiger partial charge on any atom is 0.189 e. The maximum absolute atomic E-state index is 5.60. The molecule has 3 rings (SSSR count). The monoisotopic (exact) mass is 289 g/mol. The molecule has 106 valence electrons. The third-order valence-electron chi connectivity index (χ3n) is 3.67. The number of benzene rings is 2. The van der Waals surface area contributed by atoms with Crippen molar-refractivity contribution in [1.82, 2.24) is 0 Å². The van der Waals surface area contributed by atoms with E-state index in [0.29, 0.717) is 24.3 Å². The molecule has 2 nitrogen and oxygen atoms in total. The number of ether oxygens (including phenoxy) is 2. The summed E-state index contributed by atoms with van der Waals surface area (Å²) >= 11 is 0. The Morgan fingerprint density at radius 2 is 1.95 bits per heavy atom. The standard InChI is InChI=1S/C17H21O2S/c1-2-18-13-19-15-8-9-16-14(12-15)6-5-7-17(16)20-10-3-4-11-20/h5-9,12H,2-4,10-11,13H2,1H3/q+1. The number of rotatable bonds is 5. The van der Waals surface area contributed by atoms with Crippen LogP contribution in [0.3, 0.4) is 0 Å². The molecule has 0 unspecified atom stereocenters. The smallest absolute Gasteiger partial charge is 0.189 e. The van der Waals surface area contributed by atoms with E-state index in [4.69, 9.17) is 9.47 Å². The predicted octanol–water partition coefficient (Wildman–Crippen LogP) is 3.98. The van der Waals surface area contributed by atoms with Crippen LogP contribution in [0.15, 0.2) is 41.3 Å². The van der Waals surface area contributed by atoms with Crippen LogP contribution in [0.4, 0.5) is 0 Å². The minimum absolute atomic E-state index is 0.325. The van der Waals surface area contributed by atoms with Gasteiger partial charge in [0.2, 0.25) is 0 Å². The van der Waals surface area contributed by atoms with Crippen LogP contribution in [0, 0.1) is 0 Å². The third-order valence-corrected chi connectivity index (χ3v) is 6.21. The van der Waals surface area contributed by atoms with Gasteiger partial charge in [0.1, 0.15) is 17.3 Å². The highest BCUT2D eigenvalue weighted by Crippen LogP contribution is 2.31. The normalized spacial score (nSPS) is 15.8. The molecule has 1 aliphatic rings. The van der Waals surface area contributed by atoms with Gasteiger partial charge in [0.15, 0.2) is 11.7 Å². The second kappa shape index (κ2) is 6.51. The molecule has 0 aromatic heterocycles. The molecule has 2 aromatic carbocycles. The molecule has 0 aliphatic carbocycles. The first-order chi connectivity index (χ1) is 9.88. The molecule has 1 aliphatic heterocycles. The van der Waals surface area contributed by atoms with E-state index < -0.39 is 0 Å². The van der Waals surface area contributed by atoms with Gasteiger partial charge in [0, 0.05) is 22.9 Å². The number of fused-ring (bicyclic) bond motifs is 1. The lowest BCUT2D eigenvalue weighted by molar-refractivity contribution is 0.0225. The van der Waals surface area contributed by atoms with Crippen molar-refractivity contribution in [2.24, 2.45) is 0 Å². The van der Waals surface area contributed by atoms with Crippen LogP contribution in [0.5, 0.6) is 5.75 Å². The molecule has 1 saturated heterocycles. The minimum atomic E-state index is 0.325. The zero-order valence-electron chi connectivity index (χ0n) is 11.9. The van der Waals surface area contributed by atoms with Gasteiger partial charge in [-0.3, -0.25) is 0 Å². The van der Waals surface area contributed by atoms with E-state index >= 15 is 0 Å². The van der Waals surface area contributed by atoms with E-state index in [1.54, 1.807) is 0 Å². The Hall–Kier alpha value is -1.19. The summed E-state index contributed by atoms with van der Waals surface area (Å²) in [7, 11) is 0.456. The zero-order chi connectivity index (χ0) is 13.8. The summed E-state index contributed by atoms with van der Waals surface area (Å²) in [6, 6.07) is 13.0. The van der Waals surface area contributed by atoms with Crippen LogP contribution in [-0.2, 0) is 15.6 Å². The molecule has 1 heterocycles. The fraction of sp³-hybridized carbons (Fsp3) is 0.412. The van der Waals surface area contributed by atoms with Gasteiger partial charge in [-0.05, 0) is 49.4 Å². The third kappa shape index (κ3) is 2.94. The van der Waals surface area contributed by atoms with Crippen LogP contribution >= 0.6 is 0 Å². The summed E-state index contributed by atoms with van der Waals surface area (Å²) in [6.07, 6.45) is 2.77. The minimum Gasteiger partial charge on any atom is -0.468 e. The first-order valence-electron chi connectivity index (χ1n) is 7.29. The first kappa shape index (κ1) is 13.8. The molecule has 2 aromatic rings. The van der Waals surface area contributed by atoms with Gasteiger partial charge >= 0.3 is 0 Å². The molecule has 0 saturated carbocycles. The summed E-state index contributed by atoms with van der Waals surface area (Å²) in [5, 5.41) is 2.66. The number of hydrogen-bond donors (Lipinski definition) is 0. The lowest BCUT2D eigenvalue weighted by Crippen LogP contribution is -2.05. The summed E-state index contributed by atoms with van der Waals surface area (Å²) < 4.78 is 10.8. The van der Waals surface area contributed by atoms with Gasteiger partial charge in [-0.25, -0.2) is 0 Å². The molecule has 3 heteroatoms. The molecular formula is C17H21O2S+. The Labute approximate surface area is 123 Å². The zero-order valence-corrected chi connectivity index (χ0v) is 12.7. The Kier molecular flexibility index (Phi) is 4.48. The summed E-state index contributed by atoms with van der Waals surface area (Å²) in [5.74, 6) is 3.61. The topological polar surface area (TPSA) is 18.5 Å². The van der Waals surface area contributed by atoms with Gasteiger partial charge in [-0.2, -0.15) is 0 Å². The Morgan fingerprint density at radius 1 is 1.10 bits per heavy atom. The van der Waals surface area contributed by atoms with E-state index in [2.05, 4.69) is 36.4 Å². The number of hydrogen-bond acceptors (Lipinski definition) is 2. The average molecular weight is 289 g/mol. The van der Waals surface area contributed by atoms with Crippen molar-refractivity contribution in [3.05, 3.63) is 36.4 Å². The Balaban J connectivity index is 1.87. The van der Waals surface area contributed by atoms with E-state index in [-0.39, 0.29) is 0 Å². The summed E-state index contributed by atoms with van der Waals surface area (Å²) in [4.78, 5) is 1.54. The summed E-state index contributed by atoms with van der Waals surface area (Å²) in [6.45, 7) is 2.98. The Morgan fingerprint density at radius 3 is 2.75 bits per heavy atom. The summed E-state index contributed by atoms with van der Waals surface area (Å²) in [5.41, 5.74) is 0. The van der Waals surface area contributed by atoms with Gasteiger partial charge in [0.05, 0.1) is 0 Å². The van der Waals surface area contributed by atoms with Crippen molar-refractivity contribution in [3.63, 3.8) is 0 Å². The predicted molar refractivity (Wildman–Crippen MR) is 85.7 cm³/mol. The van der Waals surface area contributed by atoms with Crippen molar-refractivity contribution in [2.45, 2.75) is 24.7 Å². The van der Waals surface area contributed by atoms with Crippen LogP contribution in [0.2, 0.25) is 0 Å². The lowest BCUT2D eigenvalue weighted by atomic mass is 10.1. The highest BCUT2D eigenvalue weighted by Gasteiger charge is 2.28. The SMILES string of the molecule is CCOCOc1ccc2c([S+]3CCCC3)cccc2c1. The van der Waals surface area contributed by atoms with Crippen molar-refractivity contribution in [1.29, 1.82) is 0 Å². The quantitative estimate of drug-likeness (QED) is 0.471. The molecule has 1 fully saturated rings. The van der Waals surface area contributed by atoms with Crippen LogP contribution in [-0.4, -0.2) is 24.9 Å². The van der Waals surface area contributed by atoms with E-state index in [0.717, 1.165) is 5.75 Å². The highest BCUT2D eigenvalue weighted by atomic mass is 32.2. The van der Waals surface area contributed by atoms with Crippen LogP contribution < -0.4 is 4.74 Å². The van der Waals surface area contributed by atoms with E-state index in [9.17, 15) is 0 Å².